The zero-order valence-corrected chi connectivity index (χ0v) is 13.2. The van der Waals surface area contributed by atoms with Gasteiger partial charge in [0.05, 0.1) is 12.1 Å². The largest absolute Gasteiger partial charge is 0.403 e. The number of rotatable bonds is 7. The summed E-state index contributed by atoms with van der Waals surface area (Å²) in [6.07, 6.45) is 2.63. The molecule has 0 aromatic heterocycles. The van der Waals surface area contributed by atoms with Gasteiger partial charge in [0, 0.05) is 24.5 Å². The van der Waals surface area contributed by atoms with Crippen LogP contribution in [0.4, 0.5) is 0 Å². The Labute approximate surface area is 118 Å². The van der Waals surface area contributed by atoms with Crippen molar-refractivity contribution in [1.29, 1.82) is 5.26 Å². The molecule has 0 fully saturated rings. The van der Waals surface area contributed by atoms with Gasteiger partial charge < -0.3 is 11.1 Å². The minimum Gasteiger partial charge on any atom is -0.403 e. The normalized spacial score (nSPS) is 16.0. The second-order valence-corrected chi connectivity index (χ2v) is 6.39. The predicted octanol–water partition coefficient (Wildman–Crippen LogP) is 2.34. The molecule has 0 amide bonds. The van der Waals surface area contributed by atoms with Crippen LogP contribution >= 0.6 is 0 Å². The Kier molecular flexibility index (Phi) is 7.55. The summed E-state index contributed by atoms with van der Waals surface area (Å²) in [6, 6.07) is 2.49. The lowest BCUT2D eigenvalue weighted by Crippen LogP contribution is -2.43. The minimum atomic E-state index is -0.147. The Bertz CT molecular complexity index is 320. The Morgan fingerprint density at radius 3 is 2.26 bits per heavy atom. The van der Waals surface area contributed by atoms with E-state index >= 15 is 0 Å². The van der Waals surface area contributed by atoms with Crippen LogP contribution in [0.5, 0.6) is 0 Å². The maximum atomic E-state index is 9.06. The maximum absolute atomic E-state index is 9.06. The van der Waals surface area contributed by atoms with Crippen LogP contribution in [0, 0.1) is 22.7 Å². The van der Waals surface area contributed by atoms with Crippen molar-refractivity contribution in [1.82, 2.24) is 10.6 Å². The predicted molar refractivity (Wildman–Crippen MR) is 81.2 cm³/mol. The summed E-state index contributed by atoms with van der Waals surface area (Å²) in [6.45, 7) is 13.5. The van der Waals surface area contributed by atoms with E-state index in [4.69, 9.17) is 11.0 Å². The molecule has 0 spiro atoms. The highest BCUT2D eigenvalue weighted by atomic mass is 15.0. The second-order valence-electron chi connectivity index (χ2n) is 6.39. The van der Waals surface area contributed by atoms with E-state index in [1.54, 1.807) is 6.20 Å². The van der Waals surface area contributed by atoms with Crippen LogP contribution in [0.25, 0.3) is 0 Å². The minimum absolute atomic E-state index is 0.147. The fraction of sp³-hybridized carbons (Fsp3) is 0.800. The molecule has 0 bridgehead atoms. The van der Waals surface area contributed by atoms with Crippen LogP contribution in [0.2, 0.25) is 0 Å². The SMILES string of the molecule is CCC(N/C(=C\N)CNC(C#N)C(C)C)C(C)(C)C. The van der Waals surface area contributed by atoms with Gasteiger partial charge in [0.1, 0.15) is 0 Å². The first-order valence-electron chi connectivity index (χ1n) is 7.06. The fourth-order valence-corrected chi connectivity index (χ4v) is 1.96. The van der Waals surface area contributed by atoms with E-state index in [0.717, 1.165) is 12.1 Å². The van der Waals surface area contributed by atoms with Crippen LogP contribution in [0.15, 0.2) is 11.9 Å². The summed E-state index contributed by atoms with van der Waals surface area (Å²) in [7, 11) is 0. The summed E-state index contributed by atoms with van der Waals surface area (Å²) in [5.74, 6) is 0.286. The molecule has 0 heterocycles. The summed E-state index contributed by atoms with van der Waals surface area (Å²) < 4.78 is 0. The molecule has 0 aliphatic carbocycles. The molecule has 19 heavy (non-hydrogen) atoms. The van der Waals surface area contributed by atoms with Gasteiger partial charge in [0.2, 0.25) is 0 Å². The fourth-order valence-electron chi connectivity index (χ4n) is 1.96. The molecule has 4 nitrogen and oxygen atoms in total. The van der Waals surface area contributed by atoms with Gasteiger partial charge in [-0.25, -0.2) is 0 Å². The molecular weight excluding hydrogens is 236 g/mol. The molecule has 0 saturated carbocycles. The molecule has 4 heteroatoms. The number of nitrogens with two attached hydrogens (primary N) is 1. The molecular formula is C15H30N4. The lowest BCUT2D eigenvalue weighted by Gasteiger charge is -2.32. The molecule has 0 rings (SSSR count). The first-order valence-corrected chi connectivity index (χ1v) is 7.06. The molecule has 110 valence electrons. The summed E-state index contributed by atoms with van der Waals surface area (Å²) >= 11 is 0. The first kappa shape index (κ1) is 17.8. The lowest BCUT2D eigenvalue weighted by atomic mass is 9.85. The average molecular weight is 266 g/mol. The van der Waals surface area contributed by atoms with Gasteiger partial charge in [0.15, 0.2) is 0 Å². The third-order valence-corrected chi connectivity index (χ3v) is 3.33. The molecule has 2 atom stereocenters. The van der Waals surface area contributed by atoms with Gasteiger partial charge in [-0.3, -0.25) is 5.32 Å². The molecule has 0 aromatic carbocycles. The molecule has 4 N–H and O–H groups in total. The van der Waals surface area contributed by atoms with E-state index in [9.17, 15) is 0 Å². The van der Waals surface area contributed by atoms with Gasteiger partial charge in [-0.15, -0.1) is 0 Å². The maximum Gasteiger partial charge on any atom is 0.0979 e. The Morgan fingerprint density at radius 1 is 1.37 bits per heavy atom. The molecule has 0 aromatic rings. The van der Waals surface area contributed by atoms with E-state index < -0.39 is 0 Å². The smallest absolute Gasteiger partial charge is 0.0979 e. The topological polar surface area (TPSA) is 73.9 Å². The lowest BCUT2D eigenvalue weighted by molar-refractivity contribution is 0.274. The van der Waals surface area contributed by atoms with Crippen molar-refractivity contribution in [2.24, 2.45) is 17.1 Å². The van der Waals surface area contributed by atoms with Crippen molar-refractivity contribution >= 4 is 0 Å². The van der Waals surface area contributed by atoms with Crippen LogP contribution in [0.1, 0.15) is 48.0 Å². The third kappa shape index (κ3) is 6.49. The number of nitrogens with one attached hydrogen (secondary N) is 2. The molecule has 0 aliphatic heterocycles. The third-order valence-electron chi connectivity index (χ3n) is 3.33. The van der Waals surface area contributed by atoms with Crippen molar-refractivity contribution in [3.63, 3.8) is 0 Å². The number of nitrogens with zero attached hydrogens (tertiary/aromatic N) is 1. The molecule has 0 aliphatic rings. The summed E-state index contributed by atoms with van der Waals surface area (Å²) in [5.41, 5.74) is 6.80. The highest BCUT2D eigenvalue weighted by Gasteiger charge is 2.23. The van der Waals surface area contributed by atoms with Crippen molar-refractivity contribution in [2.75, 3.05) is 6.54 Å². The van der Waals surface area contributed by atoms with Crippen molar-refractivity contribution in [3.8, 4) is 6.07 Å². The van der Waals surface area contributed by atoms with Gasteiger partial charge in [-0.1, -0.05) is 41.5 Å². The van der Waals surface area contributed by atoms with Crippen molar-refractivity contribution < 1.29 is 0 Å². The van der Waals surface area contributed by atoms with Crippen molar-refractivity contribution in [2.45, 2.75) is 60.0 Å². The van der Waals surface area contributed by atoms with E-state index in [-0.39, 0.29) is 17.4 Å². The summed E-state index contributed by atoms with van der Waals surface area (Å²) in [5, 5.41) is 15.8. The average Bonchev–Trinajstić information content (AvgIpc) is 2.31. The standard InChI is InChI=1S/C15H30N4/c1-7-14(15(4,5)6)19-12(8-16)10-18-13(9-17)11(2)3/h8,11,13-14,18-19H,7,10,16H2,1-6H3/b12-8-. The highest BCUT2D eigenvalue weighted by Crippen LogP contribution is 2.22. The van der Waals surface area contributed by atoms with Crippen LogP contribution in [-0.2, 0) is 0 Å². The van der Waals surface area contributed by atoms with E-state index in [1.807, 2.05) is 13.8 Å². The van der Waals surface area contributed by atoms with Gasteiger partial charge in [0.25, 0.3) is 0 Å². The Morgan fingerprint density at radius 2 is 1.95 bits per heavy atom. The highest BCUT2D eigenvalue weighted by molar-refractivity contribution is 5.05. The number of hydrogen-bond acceptors (Lipinski definition) is 4. The van der Waals surface area contributed by atoms with Crippen molar-refractivity contribution in [3.05, 3.63) is 11.9 Å². The van der Waals surface area contributed by atoms with E-state index in [2.05, 4.69) is 44.4 Å². The summed E-state index contributed by atoms with van der Waals surface area (Å²) in [4.78, 5) is 0. The molecule has 0 saturated heterocycles. The second kappa shape index (κ2) is 8.06. The first-order chi connectivity index (χ1) is 8.76. The number of nitriles is 1. The van der Waals surface area contributed by atoms with Crippen LogP contribution in [-0.4, -0.2) is 18.6 Å². The zero-order chi connectivity index (χ0) is 15.1. The Hall–Kier alpha value is -1.21. The Balaban J connectivity index is 4.50. The van der Waals surface area contributed by atoms with Gasteiger partial charge in [-0.05, 0) is 17.8 Å². The quantitative estimate of drug-likeness (QED) is 0.661. The zero-order valence-electron chi connectivity index (χ0n) is 13.2. The number of hydrogen-bond donors (Lipinski definition) is 3. The van der Waals surface area contributed by atoms with Crippen LogP contribution in [0.3, 0.4) is 0 Å². The van der Waals surface area contributed by atoms with Gasteiger partial charge >= 0.3 is 0 Å². The van der Waals surface area contributed by atoms with Gasteiger partial charge in [-0.2, -0.15) is 5.26 Å². The molecule has 0 radical (unpaired) electrons. The van der Waals surface area contributed by atoms with Crippen LogP contribution < -0.4 is 16.4 Å². The monoisotopic (exact) mass is 266 g/mol. The van der Waals surface area contributed by atoms with E-state index in [0.29, 0.717) is 12.6 Å². The molecule has 2 unspecified atom stereocenters. The van der Waals surface area contributed by atoms with E-state index in [1.165, 1.54) is 0 Å².